The molecule has 112 valence electrons. The van der Waals surface area contributed by atoms with Gasteiger partial charge in [0.1, 0.15) is 0 Å². The molecule has 1 saturated carbocycles. The monoisotopic (exact) mass is 300 g/mol. The van der Waals surface area contributed by atoms with Crippen LogP contribution in [0.1, 0.15) is 46.9 Å². The van der Waals surface area contributed by atoms with Crippen molar-refractivity contribution in [2.75, 3.05) is 6.54 Å². The van der Waals surface area contributed by atoms with E-state index in [-0.39, 0.29) is 0 Å². The highest BCUT2D eigenvalue weighted by molar-refractivity contribution is 7.09. The number of rotatable bonds is 7. The van der Waals surface area contributed by atoms with Gasteiger partial charge < -0.3 is 5.32 Å². The molecular weight excluding hydrogens is 276 g/mol. The van der Waals surface area contributed by atoms with Crippen molar-refractivity contribution in [1.82, 2.24) is 10.3 Å². The molecule has 1 aliphatic carbocycles. The maximum absolute atomic E-state index is 4.37. The van der Waals surface area contributed by atoms with E-state index < -0.39 is 0 Å². The summed E-state index contributed by atoms with van der Waals surface area (Å²) in [7, 11) is 0. The standard InChI is InChI=1S/C18H24N2S/c1-13-5-3-4-6-17(13)15(11-19-16-8-9-16)7-10-18-14(2)20-12-21-18/h3-6,12,15-16,19H,7-11H2,1-2H3. The van der Waals surface area contributed by atoms with E-state index in [1.165, 1.54) is 41.0 Å². The van der Waals surface area contributed by atoms with E-state index in [9.17, 15) is 0 Å². The molecule has 1 N–H and O–H groups in total. The van der Waals surface area contributed by atoms with E-state index >= 15 is 0 Å². The molecule has 3 rings (SSSR count). The van der Waals surface area contributed by atoms with E-state index in [0.717, 1.165) is 19.0 Å². The summed E-state index contributed by atoms with van der Waals surface area (Å²) in [6.45, 7) is 5.46. The van der Waals surface area contributed by atoms with Gasteiger partial charge in [-0.25, -0.2) is 4.98 Å². The largest absolute Gasteiger partial charge is 0.313 e. The molecule has 0 aliphatic heterocycles. The van der Waals surface area contributed by atoms with Gasteiger partial charge in [-0.2, -0.15) is 0 Å². The molecule has 0 amide bonds. The Kier molecular flexibility index (Phi) is 4.71. The first-order valence-corrected chi connectivity index (χ1v) is 8.80. The van der Waals surface area contributed by atoms with Crippen molar-refractivity contribution in [1.29, 1.82) is 0 Å². The molecule has 3 heteroatoms. The van der Waals surface area contributed by atoms with Crippen LogP contribution in [0.2, 0.25) is 0 Å². The van der Waals surface area contributed by atoms with Crippen molar-refractivity contribution in [3.8, 4) is 0 Å². The molecule has 0 radical (unpaired) electrons. The summed E-state index contributed by atoms with van der Waals surface area (Å²) in [5, 5.41) is 3.71. The minimum Gasteiger partial charge on any atom is -0.313 e. The fraction of sp³-hybridized carbons (Fsp3) is 0.500. The molecule has 0 spiro atoms. The maximum atomic E-state index is 4.37. The van der Waals surface area contributed by atoms with Gasteiger partial charge in [0.2, 0.25) is 0 Å². The van der Waals surface area contributed by atoms with Crippen LogP contribution < -0.4 is 5.32 Å². The second kappa shape index (κ2) is 6.71. The van der Waals surface area contributed by atoms with Crippen molar-refractivity contribution < 1.29 is 0 Å². The van der Waals surface area contributed by atoms with Gasteiger partial charge in [-0.3, -0.25) is 0 Å². The third-order valence-electron chi connectivity index (χ3n) is 4.42. The van der Waals surface area contributed by atoms with Crippen LogP contribution in [-0.4, -0.2) is 17.6 Å². The van der Waals surface area contributed by atoms with Gasteiger partial charge in [-0.05, 0) is 56.6 Å². The SMILES string of the molecule is Cc1ccccc1C(CCc1scnc1C)CNC1CC1. The summed E-state index contributed by atoms with van der Waals surface area (Å²) in [6, 6.07) is 9.62. The number of benzene rings is 1. The Morgan fingerprint density at radius 3 is 2.76 bits per heavy atom. The fourth-order valence-electron chi connectivity index (χ4n) is 2.88. The lowest BCUT2D eigenvalue weighted by atomic mass is 9.90. The number of hydrogen-bond acceptors (Lipinski definition) is 3. The molecule has 1 unspecified atom stereocenters. The van der Waals surface area contributed by atoms with Gasteiger partial charge in [0, 0.05) is 17.5 Å². The van der Waals surface area contributed by atoms with Gasteiger partial charge in [0.05, 0.1) is 11.2 Å². The fourth-order valence-corrected chi connectivity index (χ4v) is 3.68. The topological polar surface area (TPSA) is 24.9 Å². The predicted molar refractivity (Wildman–Crippen MR) is 90.1 cm³/mol. The predicted octanol–water partition coefficient (Wildman–Crippen LogP) is 4.23. The molecule has 0 saturated heterocycles. The lowest BCUT2D eigenvalue weighted by Crippen LogP contribution is -2.24. The average molecular weight is 300 g/mol. The highest BCUT2D eigenvalue weighted by Gasteiger charge is 2.23. The van der Waals surface area contributed by atoms with Crippen molar-refractivity contribution >= 4 is 11.3 Å². The molecule has 1 aliphatic rings. The van der Waals surface area contributed by atoms with Crippen LogP contribution in [0.3, 0.4) is 0 Å². The summed E-state index contributed by atoms with van der Waals surface area (Å²) in [5.41, 5.74) is 6.10. The molecule has 1 atom stereocenters. The second-order valence-electron chi connectivity index (χ2n) is 6.14. The van der Waals surface area contributed by atoms with E-state index in [0.29, 0.717) is 5.92 Å². The summed E-state index contributed by atoms with van der Waals surface area (Å²) >= 11 is 1.80. The normalized spacial score (nSPS) is 16.1. The number of hydrogen-bond donors (Lipinski definition) is 1. The first-order valence-electron chi connectivity index (χ1n) is 7.92. The van der Waals surface area contributed by atoms with Gasteiger partial charge in [0.15, 0.2) is 0 Å². The number of nitrogens with one attached hydrogen (secondary N) is 1. The molecular formula is C18H24N2S. The van der Waals surface area contributed by atoms with Crippen LogP contribution in [0.15, 0.2) is 29.8 Å². The zero-order valence-corrected chi connectivity index (χ0v) is 13.7. The van der Waals surface area contributed by atoms with E-state index in [1.807, 2.05) is 5.51 Å². The van der Waals surface area contributed by atoms with Crippen LogP contribution >= 0.6 is 11.3 Å². The molecule has 1 aromatic carbocycles. The Bertz CT molecular complexity index is 586. The van der Waals surface area contributed by atoms with E-state index in [2.05, 4.69) is 48.4 Å². The molecule has 2 aromatic rings. The molecule has 1 aromatic heterocycles. The number of thiazole rings is 1. The van der Waals surface area contributed by atoms with Crippen molar-refractivity contribution in [3.05, 3.63) is 51.5 Å². The smallest absolute Gasteiger partial charge is 0.0797 e. The maximum Gasteiger partial charge on any atom is 0.0797 e. The first kappa shape index (κ1) is 14.7. The zero-order valence-electron chi connectivity index (χ0n) is 12.9. The third kappa shape index (κ3) is 3.92. The highest BCUT2D eigenvalue weighted by Crippen LogP contribution is 2.27. The Balaban J connectivity index is 1.69. The number of nitrogens with zero attached hydrogens (tertiary/aromatic N) is 1. The molecule has 1 heterocycles. The summed E-state index contributed by atoms with van der Waals surface area (Å²) in [4.78, 5) is 5.82. The van der Waals surface area contributed by atoms with Gasteiger partial charge in [-0.15, -0.1) is 11.3 Å². The van der Waals surface area contributed by atoms with Crippen molar-refractivity contribution in [3.63, 3.8) is 0 Å². The summed E-state index contributed by atoms with van der Waals surface area (Å²) in [6.07, 6.45) is 5.05. The quantitative estimate of drug-likeness (QED) is 0.828. The Morgan fingerprint density at radius 2 is 2.10 bits per heavy atom. The third-order valence-corrected chi connectivity index (χ3v) is 5.42. The minimum absolute atomic E-state index is 0.605. The van der Waals surface area contributed by atoms with Crippen molar-refractivity contribution in [2.45, 2.75) is 51.5 Å². The molecule has 2 nitrogen and oxygen atoms in total. The van der Waals surface area contributed by atoms with Crippen LogP contribution in [0.4, 0.5) is 0 Å². The van der Waals surface area contributed by atoms with Gasteiger partial charge >= 0.3 is 0 Å². The molecule has 0 bridgehead atoms. The minimum atomic E-state index is 0.605. The second-order valence-corrected chi connectivity index (χ2v) is 7.07. The zero-order chi connectivity index (χ0) is 14.7. The summed E-state index contributed by atoms with van der Waals surface area (Å²) in [5.74, 6) is 0.605. The van der Waals surface area contributed by atoms with Crippen molar-refractivity contribution in [2.24, 2.45) is 0 Å². The summed E-state index contributed by atoms with van der Waals surface area (Å²) < 4.78 is 0. The van der Waals surface area contributed by atoms with E-state index in [4.69, 9.17) is 0 Å². The van der Waals surface area contributed by atoms with Crippen LogP contribution in [-0.2, 0) is 6.42 Å². The van der Waals surface area contributed by atoms with Gasteiger partial charge in [0.25, 0.3) is 0 Å². The highest BCUT2D eigenvalue weighted by atomic mass is 32.1. The molecule has 21 heavy (non-hydrogen) atoms. The average Bonchev–Trinajstić information content (AvgIpc) is 3.22. The van der Waals surface area contributed by atoms with Crippen LogP contribution in [0.5, 0.6) is 0 Å². The van der Waals surface area contributed by atoms with E-state index in [1.54, 1.807) is 11.3 Å². The Morgan fingerprint density at radius 1 is 1.29 bits per heavy atom. The lowest BCUT2D eigenvalue weighted by molar-refractivity contribution is 0.547. The first-order chi connectivity index (χ1) is 10.2. The Hall–Kier alpha value is -1.19. The van der Waals surface area contributed by atoms with Crippen LogP contribution in [0.25, 0.3) is 0 Å². The number of aryl methyl sites for hydroxylation is 3. The molecule has 1 fully saturated rings. The lowest BCUT2D eigenvalue weighted by Gasteiger charge is -2.20. The Labute approximate surface area is 131 Å². The van der Waals surface area contributed by atoms with Gasteiger partial charge in [-0.1, -0.05) is 24.3 Å². The van der Waals surface area contributed by atoms with Crippen LogP contribution in [0, 0.1) is 13.8 Å². The number of aromatic nitrogens is 1.